The van der Waals surface area contributed by atoms with E-state index in [0.29, 0.717) is 6.07 Å². The maximum Gasteiger partial charge on any atom is 0.350 e. The van der Waals surface area contributed by atoms with E-state index in [1.807, 2.05) is 0 Å². The fraction of sp³-hybridized carbons (Fsp3) is 0.158. The molecular formula is C19H14F2N2O7. The second-order valence-electron chi connectivity index (χ2n) is 6.53. The molecule has 1 saturated heterocycles. The molecule has 0 aliphatic carbocycles. The normalized spacial score (nSPS) is 15.1. The van der Waals surface area contributed by atoms with Crippen LogP contribution in [0.25, 0.3) is 0 Å². The van der Waals surface area contributed by atoms with Crippen LogP contribution >= 0.6 is 0 Å². The average Bonchev–Trinajstić information content (AvgIpc) is 2.62. The average molecular weight is 420 g/mol. The molecule has 30 heavy (non-hydrogen) atoms. The molecule has 2 aromatic carbocycles. The molecule has 0 spiro atoms. The van der Waals surface area contributed by atoms with Gasteiger partial charge in [-0.2, -0.15) is 0 Å². The van der Waals surface area contributed by atoms with E-state index in [9.17, 15) is 28.5 Å². The molecule has 1 aliphatic rings. The monoisotopic (exact) mass is 420 g/mol. The Hall–Kier alpha value is -4.02. The Labute approximate surface area is 168 Å². The van der Waals surface area contributed by atoms with Crippen molar-refractivity contribution in [1.29, 1.82) is 0 Å². The number of rotatable bonds is 5. The molecule has 1 aliphatic heterocycles. The number of esters is 2. The molecule has 0 bridgehead atoms. The van der Waals surface area contributed by atoms with Crippen LogP contribution in [0.4, 0.5) is 20.2 Å². The van der Waals surface area contributed by atoms with Crippen molar-refractivity contribution in [3.63, 3.8) is 0 Å². The summed E-state index contributed by atoms with van der Waals surface area (Å²) in [5.41, 5.74) is -0.849. The van der Waals surface area contributed by atoms with Crippen molar-refractivity contribution in [3.8, 4) is 11.5 Å². The Morgan fingerprint density at radius 1 is 1.10 bits per heavy atom. The molecule has 0 aromatic heterocycles. The van der Waals surface area contributed by atoms with Crippen molar-refractivity contribution in [1.82, 2.24) is 0 Å². The van der Waals surface area contributed by atoms with Gasteiger partial charge in [0.05, 0.1) is 11.0 Å². The Bertz CT molecular complexity index is 1060. The minimum absolute atomic E-state index is 0.0413. The summed E-state index contributed by atoms with van der Waals surface area (Å²) in [5, 5.41) is 13.7. The molecule has 0 radical (unpaired) electrons. The van der Waals surface area contributed by atoms with Crippen LogP contribution in [0.1, 0.15) is 13.8 Å². The van der Waals surface area contributed by atoms with E-state index >= 15 is 0 Å². The topological polar surface area (TPSA) is 117 Å². The van der Waals surface area contributed by atoms with Gasteiger partial charge in [0.15, 0.2) is 17.1 Å². The number of benzene rings is 2. The third kappa shape index (κ3) is 4.69. The highest BCUT2D eigenvalue weighted by Crippen LogP contribution is 2.31. The van der Waals surface area contributed by atoms with Gasteiger partial charge in [0.25, 0.3) is 11.5 Å². The number of cyclic esters (lactones) is 2. The fourth-order valence-corrected chi connectivity index (χ4v) is 2.45. The summed E-state index contributed by atoms with van der Waals surface area (Å²) in [6.45, 7) is 2.76. The van der Waals surface area contributed by atoms with E-state index in [2.05, 4.69) is 5.32 Å². The predicted molar refractivity (Wildman–Crippen MR) is 97.5 cm³/mol. The Morgan fingerprint density at radius 2 is 1.77 bits per heavy atom. The van der Waals surface area contributed by atoms with Crippen LogP contribution < -0.4 is 10.1 Å². The fourth-order valence-electron chi connectivity index (χ4n) is 2.45. The van der Waals surface area contributed by atoms with Crippen LogP contribution in [0.2, 0.25) is 0 Å². The van der Waals surface area contributed by atoms with E-state index in [-0.39, 0.29) is 17.2 Å². The number of nitro groups is 1. The first-order valence-electron chi connectivity index (χ1n) is 8.40. The molecule has 0 amide bonds. The molecule has 9 nitrogen and oxygen atoms in total. The number of nitrogens with zero attached hydrogens (tertiary/aromatic N) is 1. The van der Waals surface area contributed by atoms with Crippen LogP contribution in [0.5, 0.6) is 11.5 Å². The lowest BCUT2D eigenvalue weighted by molar-refractivity contribution is -0.384. The third-order valence-electron chi connectivity index (χ3n) is 3.72. The maximum absolute atomic E-state index is 13.8. The minimum Gasteiger partial charge on any atom is -0.454 e. The van der Waals surface area contributed by atoms with Gasteiger partial charge in [-0.05, 0) is 12.1 Å². The summed E-state index contributed by atoms with van der Waals surface area (Å²) in [6.07, 6.45) is 0.960. The number of anilines is 1. The molecule has 2 aromatic rings. The number of hydrogen-bond donors (Lipinski definition) is 1. The van der Waals surface area contributed by atoms with E-state index in [1.54, 1.807) is 0 Å². The number of non-ortho nitro benzene ring substituents is 1. The highest BCUT2D eigenvalue weighted by molar-refractivity contribution is 6.15. The smallest absolute Gasteiger partial charge is 0.350 e. The number of halogens is 2. The molecule has 156 valence electrons. The lowest BCUT2D eigenvalue weighted by Crippen LogP contribution is -2.42. The molecule has 0 saturated carbocycles. The second kappa shape index (κ2) is 7.78. The van der Waals surface area contributed by atoms with Gasteiger partial charge in [-0.1, -0.05) is 0 Å². The van der Waals surface area contributed by atoms with E-state index in [1.165, 1.54) is 19.9 Å². The van der Waals surface area contributed by atoms with Gasteiger partial charge in [0.1, 0.15) is 11.6 Å². The van der Waals surface area contributed by atoms with Gasteiger partial charge in [-0.3, -0.25) is 10.1 Å². The van der Waals surface area contributed by atoms with Gasteiger partial charge >= 0.3 is 11.9 Å². The number of hydrogen-bond acceptors (Lipinski definition) is 8. The van der Waals surface area contributed by atoms with E-state index in [4.69, 9.17) is 14.2 Å². The van der Waals surface area contributed by atoms with Gasteiger partial charge in [0, 0.05) is 43.9 Å². The lowest BCUT2D eigenvalue weighted by atomic mass is 10.2. The number of nitrogens with one attached hydrogen (secondary N) is 1. The number of nitro benzene ring substituents is 1. The highest BCUT2D eigenvalue weighted by atomic mass is 19.1. The van der Waals surface area contributed by atoms with E-state index in [0.717, 1.165) is 30.5 Å². The number of carbonyl (C=O) groups excluding carboxylic acids is 2. The Morgan fingerprint density at radius 3 is 2.37 bits per heavy atom. The Balaban J connectivity index is 1.89. The van der Waals surface area contributed by atoms with Crippen molar-refractivity contribution in [2.45, 2.75) is 19.6 Å². The van der Waals surface area contributed by atoms with Crippen molar-refractivity contribution in [2.75, 3.05) is 5.32 Å². The zero-order valence-corrected chi connectivity index (χ0v) is 15.6. The largest absolute Gasteiger partial charge is 0.454 e. The second-order valence-corrected chi connectivity index (χ2v) is 6.53. The number of ether oxygens (including phenoxy) is 3. The van der Waals surface area contributed by atoms with Crippen LogP contribution in [0.3, 0.4) is 0 Å². The standard InChI is InChI=1S/C19H14F2N2O7/c1-19(2)29-17(24)14(18(25)30-19)9-22-11-6-12(23(26)27)8-13(7-11)28-16-4-3-10(20)5-15(16)21/h3-9,22H,1-2H3. The first-order chi connectivity index (χ1) is 14.0. The van der Waals surface area contributed by atoms with Gasteiger partial charge in [-0.25, -0.2) is 18.4 Å². The summed E-state index contributed by atoms with van der Waals surface area (Å²) >= 11 is 0. The molecule has 3 rings (SSSR count). The zero-order valence-electron chi connectivity index (χ0n) is 15.6. The van der Waals surface area contributed by atoms with Gasteiger partial charge in [0.2, 0.25) is 0 Å². The van der Waals surface area contributed by atoms with Crippen LogP contribution in [0.15, 0.2) is 48.2 Å². The van der Waals surface area contributed by atoms with Crippen LogP contribution in [-0.2, 0) is 19.1 Å². The first-order valence-corrected chi connectivity index (χ1v) is 8.40. The summed E-state index contributed by atoms with van der Waals surface area (Å²) in [6, 6.07) is 5.94. The summed E-state index contributed by atoms with van der Waals surface area (Å²) in [4.78, 5) is 34.4. The van der Waals surface area contributed by atoms with Crippen molar-refractivity contribution >= 4 is 23.3 Å². The molecule has 0 unspecified atom stereocenters. The highest BCUT2D eigenvalue weighted by Gasteiger charge is 2.39. The summed E-state index contributed by atoms with van der Waals surface area (Å²) in [7, 11) is 0. The first kappa shape index (κ1) is 20.7. The Kier molecular flexibility index (Phi) is 5.37. The molecule has 1 heterocycles. The minimum atomic E-state index is -1.42. The summed E-state index contributed by atoms with van der Waals surface area (Å²) in [5.74, 6) is -5.64. The van der Waals surface area contributed by atoms with Gasteiger partial charge in [-0.15, -0.1) is 0 Å². The quantitative estimate of drug-likeness (QED) is 0.255. The van der Waals surface area contributed by atoms with E-state index < -0.39 is 45.5 Å². The molecule has 11 heteroatoms. The van der Waals surface area contributed by atoms with Crippen molar-refractivity contribution in [3.05, 3.63) is 69.9 Å². The number of carbonyl (C=O) groups is 2. The molecule has 1 fully saturated rings. The molecule has 0 atom stereocenters. The zero-order chi connectivity index (χ0) is 22.1. The SMILES string of the molecule is CC1(C)OC(=O)C(=CNc2cc(Oc3ccc(F)cc3F)cc([N+](=O)[O-])c2)C(=O)O1. The van der Waals surface area contributed by atoms with Gasteiger partial charge < -0.3 is 19.5 Å². The third-order valence-corrected chi connectivity index (χ3v) is 3.72. The van der Waals surface area contributed by atoms with Crippen LogP contribution in [0, 0.1) is 21.7 Å². The molecule has 1 N–H and O–H groups in total. The predicted octanol–water partition coefficient (Wildman–Crippen LogP) is 3.80. The lowest BCUT2D eigenvalue weighted by Gasteiger charge is -2.29. The van der Waals surface area contributed by atoms with Crippen molar-refractivity contribution in [2.24, 2.45) is 0 Å². The van der Waals surface area contributed by atoms with Crippen LogP contribution in [-0.4, -0.2) is 22.6 Å². The van der Waals surface area contributed by atoms with Crippen molar-refractivity contribution < 1.29 is 37.5 Å². The molecular weight excluding hydrogens is 406 g/mol. The maximum atomic E-state index is 13.8. The summed E-state index contributed by atoms with van der Waals surface area (Å²) < 4.78 is 42.0.